The van der Waals surface area contributed by atoms with E-state index in [9.17, 15) is 26.4 Å². The van der Waals surface area contributed by atoms with E-state index in [1.807, 2.05) is 0 Å². The first-order valence-electron chi connectivity index (χ1n) is 9.68. The van der Waals surface area contributed by atoms with E-state index in [4.69, 9.17) is 5.11 Å². The highest BCUT2D eigenvalue weighted by Crippen LogP contribution is 2.37. The molecule has 4 rings (SSSR count). The number of alkyl halides is 3. The Balaban J connectivity index is 1.72. The van der Waals surface area contributed by atoms with Crippen LogP contribution in [0.2, 0.25) is 0 Å². The number of carboxylic acids is 1. The molecule has 0 aliphatic carbocycles. The van der Waals surface area contributed by atoms with Crippen LogP contribution in [0.25, 0.3) is 10.9 Å². The number of aliphatic imine (C=N–C) groups is 1. The van der Waals surface area contributed by atoms with Crippen LogP contribution in [0.5, 0.6) is 0 Å². The zero-order chi connectivity index (χ0) is 24.0. The number of nitrogens with zero attached hydrogens (tertiary/aromatic N) is 2. The largest absolute Gasteiger partial charge is 0.481 e. The summed E-state index contributed by atoms with van der Waals surface area (Å²) in [6, 6.07) is 10.6. The Morgan fingerprint density at radius 2 is 1.97 bits per heavy atom. The predicted octanol–water partition coefficient (Wildman–Crippen LogP) is 4.35. The molecule has 3 aromatic rings. The summed E-state index contributed by atoms with van der Waals surface area (Å²) in [6.45, 7) is 0.344. The van der Waals surface area contributed by atoms with E-state index in [1.54, 1.807) is 18.2 Å². The SMILES string of the molecule is CN(c1cccc2cc(C3=NCC(CC(=O)O)S3)[nH]c12)S(=O)(=O)c1ccccc1C(F)(F)F. The van der Waals surface area contributed by atoms with Crippen LogP contribution in [-0.4, -0.2) is 48.4 Å². The lowest BCUT2D eigenvalue weighted by Crippen LogP contribution is -2.29. The monoisotopic (exact) mass is 497 g/mol. The number of hydrogen-bond donors (Lipinski definition) is 2. The van der Waals surface area contributed by atoms with Gasteiger partial charge in [0.2, 0.25) is 0 Å². The number of para-hydroxylation sites is 1. The van der Waals surface area contributed by atoms with Gasteiger partial charge in [-0.25, -0.2) is 8.42 Å². The van der Waals surface area contributed by atoms with Crippen LogP contribution in [-0.2, 0) is 21.0 Å². The molecule has 1 unspecified atom stereocenters. The molecule has 0 saturated heterocycles. The summed E-state index contributed by atoms with van der Waals surface area (Å²) < 4.78 is 67.5. The summed E-state index contributed by atoms with van der Waals surface area (Å²) in [5.41, 5.74) is -0.0799. The molecule has 0 amide bonds. The number of sulfonamides is 1. The Kier molecular flexibility index (Phi) is 5.91. The van der Waals surface area contributed by atoms with Crippen molar-refractivity contribution in [2.75, 3.05) is 17.9 Å². The van der Waals surface area contributed by atoms with Crippen LogP contribution < -0.4 is 4.31 Å². The number of nitrogens with one attached hydrogen (secondary N) is 1. The van der Waals surface area contributed by atoms with Crippen LogP contribution in [0.4, 0.5) is 18.9 Å². The van der Waals surface area contributed by atoms with Gasteiger partial charge in [0, 0.05) is 17.7 Å². The zero-order valence-corrected chi connectivity index (χ0v) is 18.8. The van der Waals surface area contributed by atoms with Gasteiger partial charge in [0.1, 0.15) is 5.04 Å². The van der Waals surface area contributed by atoms with Gasteiger partial charge < -0.3 is 10.1 Å². The first kappa shape index (κ1) is 23.2. The van der Waals surface area contributed by atoms with E-state index < -0.39 is 32.6 Å². The van der Waals surface area contributed by atoms with E-state index in [0.29, 0.717) is 28.2 Å². The summed E-state index contributed by atoms with van der Waals surface area (Å²) >= 11 is 1.31. The first-order valence-corrected chi connectivity index (χ1v) is 12.0. The minimum atomic E-state index is -4.83. The van der Waals surface area contributed by atoms with Crippen LogP contribution in [0.15, 0.2) is 58.4 Å². The normalized spacial score (nSPS) is 16.7. The van der Waals surface area contributed by atoms with Gasteiger partial charge in [-0.1, -0.05) is 36.0 Å². The molecule has 0 radical (unpaired) electrons. The summed E-state index contributed by atoms with van der Waals surface area (Å²) in [7, 11) is -3.34. The van der Waals surface area contributed by atoms with Crippen molar-refractivity contribution in [3.63, 3.8) is 0 Å². The van der Waals surface area contributed by atoms with E-state index in [0.717, 1.165) is 22.5 Å². The Hall–Kier alpha value is -2.99. The lowest BCUT2D eigenvalue weighted by molar-refractivity contribution is -0.140. The topological polar surface area (TPSA) is 103 Å². The molecular weight excluding hydrogens is 479 g/mol. The molecule has 0 spiro atoms. The minimum absolute atomic E-state index is 0.0389. The third-order valence-electron chi connectivity index (χ3n) is 5.15. The fourth-order valence-electron chi connectivity index (χ4n) is 3.59. The number of fused-ring (bicyclic) bond motifs is 1. The Labute approximate surface area is 191 Å². The standard InChI is InChI=1S/C21H18F3N3O4S2/c1-27(33(30,31)17-8-3-2-6-14(17)21(22,23)24)16-7-4-5-12-9-15(26-19(12)16)20-25-11-13(32-20)10-18(28)29/h2-9,13,26H,10-11H2,1H3,(H,28,29). The van der Waals surface area contributed by atoms with Crippen molar-refractivity contribution in [3.8, 4) is 0 Å². The van der Waals surface area contributed by atoms with Gasteiger partial charge in [-0.2, -0.15) is 13.2 Å². The van der Waals surface area contributed by atoms with Gasteiger partial charge in [0.25, 0.3) is 10.0 Å². The molecule has 2 aromatic carbocycles. The third kappa shape index (κ3) is 4.44. The molecule has 1 aliphatic rings. The second-order valence-corrected chi connectivity index (χ2v) is 10.6. The number of carboxylic acid groups (broad SMARTS) is 1. The van der Waals surface area contributed by atoms with Gasteiger partial charge >= 0.3 is 12.1 Å². The molecule has 1 atom stereocenters. The van der Waals surface area contributed by atoms with Gasteiger partial charge in [-0.05, 0) is 24.3 Å². The van der Waals surface area contributed by atoms with Gasteiger partial charge in [0.15, 0.2) is 0 Å². The minimum Gasteiger partial charge on any atom is -0.481 e. The number of H-pyrrole nitrogens is 1. The van der Waals surface area contributed by atoms with Crippen LogP contribution in [0.1, 0.15) is 17.7 Å². The van der Waals surface area contributed by atoms with E-state index in [1.165, 1.54) is 30.9 Å². The van der Waals surface area contributed by atoms with Crippen LogP contribution >= 0.6 is 11.8 Å². The first-order chi connectivity index (χ1) is 15.5. The molecule has 1 aliphatic heterocycles. The Morgan fingerprint density at radius 1 is 1.24 bits per heavy atom. The van der Waals surface area contributed by atoms with Crippen molar-refractivity contribution in [1.29, 1.82) is 0 Å². The van der Waals surface area contributed by atoms with Gasteiger partial charge in [-0.3, -0.25) is 14.1 Å². The van der Waals surface area contributed by atoms with Crippen molar-refractivity contribution in [2.45, 2.75) is 22.7 Å². The summed E-state index contributed by atoms with van der Waals surface area (Å²) in [4.78, 5) is 17.6. The number of aromatic amines is 1. The highest BCUT2D eigenvalue weighted by atomic mass is 32.2. The molecule has 33 heavy (non-hydrogen) atoms. The summed E-state index contributed by atoms with van der Waals surface area (Å²) in [6.07, 6.45) is -4.87. The second-order valence-electron chi connectivity index (χ2n) is 7.37. The van der Waals surface area contributed by atoms with E-state index >= 15 is 0 Å². The number of hydrogen-bond acceptors (Lipinski definition) is 5. The maximum atomic E-state index is 13.4. The number of rotatable bonds is 6. The molecule has 12 heteroatoms. The fraction of sp³-hybridized carbons (Fsp3) is 0.238. The maximum absolute atomic E-state index is 13.4. The number of benzene rings is 2. The van der Waals surface area contributed by atoms with Crippen molar-refractivity contribution in [1.82, 2.24) is 4.98 Å². The maximum Gasteiger partial charge on any atom is 0.417 e. The average Bonchev–Trinajstić information content (AvgIpc) is 3.38. The average molecular weight is 498 g/mol. The smallest absolute Gasteiger partial charge is 0.417 e. The third-order valence-corrected chi connectivity index (χ3v) is 8.20. The zero-order valence-electron chi connectivity index (χ0n) is 17.1. The van der Waals surface area contributed by atoms with Crippen LogP contribution in [0.3, 0.4) is 0 Å². The molecule has 0 bridgehead atoms. The van der Waals surface area contributed by atoms with Crippen molar-refractivity contribution >= 4 is 49.4 Å². The molecule has 2 heterocycles. The van der Waals surface area contributed by atoms with Crippen molar-refractivity contribution < 1.29 is 31.5 Å². The van der Waals surface area contributed by atoms with Crippen LogP contribution in [0, 0.1) is 0 Å². The predicted molar refractivity (Wildman–Crippen MR) is 120 cm³/mol. The number of carbonyl (C=O) groups is 1. The van der Waals surface area contributed by atoms with Crippen molar-refractivity contribution in [2.24, 2.45) is 4.99 Å². The molecule has 0 saturated carbocycles. The lowest BCUT2D eigenvalue weighted by atomic mass is 10.2. The molecule has 174 valence electrons. The number of halogens is 3. The number of thioether (sulfide) groups is 1. The molecule has 2 N–H and O–H groups in total. The van der Waals surface area contributed by atoms with E-state index in [2.05, 4.69) is 9.98 Å². The summed E-state index contributed by atoms with van der Waals surface area (Å²) in [5.74, 6) is -0.922. The highest BCUT2D eigenvalue weighted by molar-refractivity contribution is 8.15. The van der Waals surface area contributed by atoms with E-state index in [-0.39, 0.29) is 17.4 Å². The molecule has 0 fully saturated rings. The molecular formula is C21H18F3N3O4S2. The quantitative estimate of drug-likeness (QED) is 0.527. The van der Waals surface area contributed by atoms with Gasteiger partial charge in [-0.15, -0.1) is 0 Å². The highest BCUT2D eigenvalue weighted by Gasteiger charge is 2.38. The number of aliphatic carboxylic acids is 1. The Morgan fingerprint density at radius 3 is 2.67 bits per heavy atom. The summed E-state index contributed by atoms with van der Waals surface area (Å²) in [5, 5.41) is 10.0. The molecule has 1 aromatic heterocycles. The number of anilines is 1. The van der Waals surface area contributed by atoms with Gasteiger partial charge in [0.05, 0.1) is 40.3 Å². The number of aromatic nitrogens is 1. The second kappa shape index (κ2) is 8.41. The molecule has 7 nitrogen and oxygen atoms in total. The van der Waals surface area contributed by atoms with Crippen molar-refractivity contribution in [3.05, 3.63) is 59.8 Å². The Bertz CT molecular complexity index is 1370. The lowest BCUT2D eigenvalue weighted by Gasteiger charge is -2.22. The fourth-order valence-corrected chi connectivity index (χ4v) is 6.08.